The molecule has 2 aromatic heterocycles. The van der Waals surface area contributed by atoms with Crippen molar-refractivity contribution in [2.24, 2.45) is 0 Å². The van der Waals surface area contributed by atoms with E-state index in [2.05, 4.69) is 41.8 Å². The van der Waals surface area contributed by atoms with E-state index in [1.54, 1.807) is 35.9 Å². The van der Waals surface area contributed by atoms with Crippen LogP contribution in [0, 0.1) is 0 Å². The highest BCUT2D eigenvalue weighted by atomic mass is 79.9. The van der Waals surface area contributed by atoms with Crippen molar-refractivity contribution in [1.82, 2.24) is 30.5 Å². The Morgan fingerprint density at radius 2 is 1.97 bits per heavy atom. The molecule has 0 radical (unpaired) electrons. The number of aromatic nitrogens is 5. The average molecular weight is 527 g/mol. The molecule has 0 saturated carbocycles. The van der Waals surface area contributed by atoms with E-state index < -0.39 is 0 Å². The van der Waals surface area contributed by atoms with Crippen molar-refractivity contribution in [2.45, 2.75) is 18.3 Å². The quantitative estimate of drug-likeness (QED) is 0.229. The number of hydrogen-bond donors (Lipinski definition) is 1. The normalized spacial score (nSPS) is 10.8. The Bertz CT molecular complexity index is 1160. The minimum Gasteiger partial charge on any atom is -0.493 e. The number of halogens is 1. The van der Waals surface area contributed by atoms with E-state index in [1.165, 1.54) is 0 Å². The van der Waals surface area contributed by atoms with Gasteiger partial charge in [0.1, 0.15) is 6.61 Å². The lowest BCUT2D eigenvalue weighted by atomic mass is 10.2. The third-order valence-electron chi connectivity index (χ3n) is 4.68. The van der Waals surface area contributed by atoms with Crippen molar-refractivity contribution in [1.29, 1.82) is 0 Å². The zero-order chi connectivity index (χ0) is 22.9. The van der Waals surface area contributed by atoms with E-state index in [1.807, 2.05) is 54.6 Å². The van der Waals surface area contributed by atoms with Gasteiger partial charge in [-0.1, -0.05) is 36.0 Å². The molecule has 8 nitrogen and oxygen atoms in total. The van der Waals surface area contributed by atoms with Gasteiger partial charge in [0, 0.05) is 36.8 Å². The fourth-order valence-electron chi connectivity index (χ4n) is 3.10. The second-order valence-corrected chi connectivity index (χ2v) is 8.91. The van der Waals surface area contributed by atoms with Gasteiger partial charge in [0.15, 0.2) is 11.5 Å². The summed E-state index contributed by atoms with van der Waals surface area (Å²) in [5.41, 5.74) is 3.03. The van der Waals surface area contributed by atoms with Crippen molar-refractivity contribution < 1.29 is 9.47 Å². The van der Waals surface area contributed by atoms with Gasteiger partial charge in [-0.25, -0.2) is 0 Å². The van der Waals surface area contributed by atoms with Crippen LogP contribution in [0.5, 0.6) is 11.5 Å². The van der Waals surface area contributed by atoms with Crippen molar-refractivity contribution in [3.8, 4) is 17.2 Å². The van der Waals surface area contributed by atoms with Crippen molar-refractivity contribution in [3.63, 3.8) is 0 Å². The Hall–Kier alpha value is -2.95. The molecule has 0 saturated heterocycles. The number of tetrazole rings is 1. The third-order valence-corrected chi connectivity index (χ3v) is 6.19. The van der Waals surface area contributed by atoms with Crippen LogP contribution in [-0.4, -0.2) is 44.6 Å². The molecule has 0 spiro atoms. The SMILES string of the molecule is COc1cc(CNCCSc2nnnn2-c2ccccc2)cc(Br)c1OCc1cccnc1. The van der Waals surface area contributed by atoms with Gasteiger partial charge < -0.3 is 14.8 Å². The monoisotopic (exact) mass is 526 g/mol. The van der Waals surface area contributed by atoms with Crippen LogP contribution >= 0.6 is 27.7 Å². The zero-order valence-electron chi connectivity index (χ0n) is 18.0. The number of ether oxygens (including phenoxy) is 2. The number of para-hydroxylation sites is 1. The topological polar surface area (TPSA) is 87.0 Å². The highest BCUT2D eigenvalue weighted by Crippen LogP contribution is 2.37. The largest absolute Gasteiger partial charge is 0.493 e. The Morgan fingerprint density at radius 1 is 1.09 bits per heavy atom. The fourth-order valence-corrected chi connectivity index (χ4v) is 4.49. The summed E-state index contributed by atoms with van der Waals surface area (Å²) in [5.74, 6) is 2.19. The molecule has 0 amide bonds. The molecule has 4 rings (SSSR count). The van der Waals surface area contributed by atoms with Crippen LogP contribution in [0.2, 0.25) is 0 Å². The number of pyridine rings is 1. The summed E-state index contributed by atoms with van der Waals surface area (Å²) in [6.45, 7) is 1.91. The number of nitrogens with one attached hydrogen (secondary N) is 1. The first kappa shape index (κ1) is 23.2. The van der Waals surface area contributed by atoms with Gasteiger partial charge in [-0.15, -0.1) is 5.10 Å². The van der Waals surface area contributed by atoms with Gasteiger partial charge in [-0.05, 0) is 62.3 Å². The molecular weight excluding hydrogens is 504 g/mol. The third kappa shape index (κ3) is 6.31. The maximum absolute atomic E-state index is 5.98. The van der Waals surface area contributed by atoms with Crippen molar-refractivity contribution in [2.75, 3.05) is 19.4 Å². The van der Waals surface area contributed by atoms with E-state index in [0.717, 1.165) is 38.7 Å². The summed E-state index contributed by atoms with van der Waals surface area (Å²) in [6, 6.07) is 17.8. The molecule has 0 aliphatic heterocycles. The summed E-state index contributed by atoms with van der Waals surface area (Å²) in [5, 5.41) is 16.2. The van der Waals surface area contributed by atoms with Gasteiger partial charge in [0.05, 0.1) is 17.3 Å². The van der Waals surface area contributed by atoms with Gasteiger partial charge in [0.25, 0.3) is 0 Å². The molecule has 2 heterocycles. The number of thioether (sulfide) groups is 1. The van der Waals surface area contributed by atoms with Crippen LogP contribution in [0.1, 0.15) is 11.1 Å². The molecule has 10 heteroatoms. The van der Waals surface area contributed by atoms with E-state index in [0.29, 0.717) is 24.7 Å². The van der Waals surface area contributed by atoms with E-state index >= 15 is 0 Å². The molecule has 0 atom stereocenters. The second-order valence-electron chi connectivity index (χ2n) is 6.99. The van der Waals surface area contributed by atoms with Crippen LogP contribution in [0.25, 0.3) is 5.69 Å². The molecule has 0 unspecified atom stereocenters. The van der Waals surface area contributed by atoms with E-state index in [4.69, 9.17) is 9.47 Å². The summed E-state index contributed by atoms with van der Waals surface area (Å²) in [7, 11) is 1.64. The standard InChI is InChI=1S/C23H23BrN6O2S/c1-31-21-13-18(12-20(24)22(21)32-16-17-6-5-9-25-14-17)15-26-10-11-33-23-27-28-29-30(23)19-7-3-2-4-8-19/h2-9,12-14,26H,10-11,15-16H2,1H3. The number of nitrogens with zero attached hydrogens (tertiary/aromatic N) is 5. The van der Waals surface area contributed by atoms with E-state index in [9.17, 15) is 0 Å². The Balaban J connectivity index is 1.28. The van der Waals surface area contributed by atoms with Gasteiger partial charge >= 0.3 is 0 Å². The predicted octanol–water partition coefficient (Wildman–Crippen LogP) is 4.29. The zero-order valence-corrected chi connectivity index (χ0v) is 20.4. The number of rotatable bonds is 11. The second kappa shape index (κ2) is 11.8. The number of methoxy groups -OCH3 is 1. The summed E-state index contributed by atoms with van der Waals surface area (Å²) >= 11 is 5.22. The Morgan fingerprint density at radius 3 is 2.76 bits per heavy atom. The molecule has 0 bridgehead atoms. The van der Waals surface area contributed by atoms with E-state index in [-0.39, 0.29) is 0 Å². The van der Waals surface area contributed by atoms with Gasteiger partial charge in [0.2, 0.25) is 5.16 Å². The smallest absolute Gasteiger partial charge is 0.214 e. The van der Waals surface area contributed by atoms with Crippen molar-refractivity contribution in [3.05, 3.63) is 82.6 Å². The van der Waals surface area contributed by atoms with Crippen molar-refractivity contribution >= 4 is 27.7 Å². The lowest BCUT2D eigenvalue weighted by Crippen LogP contribution is -2.17. The predicted molar refractivity (Wildman–Crippen MR) is 131 cm³/mol. The maximum atomic E-state index is 5.98. The lowest BCUT2D eigenvalue weighted by Gasteiger charge is -2.15. The maximum Gasteiger partial charge on any atom is 0.214 e. The van der Waals surface area contributed by atoms with Gasteiger partial charge in [-0.3, -0.25) is 4.98 Å². The van der Waals surface area contributed by atoms with Crippen LogP contribution in [-0.2, 0) is 13.2 Å². The minimum atomic E-state index is 0.417. The highest BCUT2D eigenvalue weighted by Gasteiger charge is 2.13. The molecule has 4 aromatic rings. The molecule has 1 N–H and O–H groups in total. The van der Waals surface area contributed by atoms with Crippen LogP contribution in [0.3, 0.4) is 0 Å². The first-order chi connectivity index (χ1) is 16.2. The summed E-state index contributed by atoms with van der Waals surface area (Å²) in [4.78, 5) is 4.12. The minimum absolute atomic E-state index is 0.417. The average Bonchev–Trinajstić information content (AvgIpc) is 3.32. The van der Waals surface area contributed by atoms with Crippen LogP contribution in [0.15, 0.2) is 76.6 Å². The Kier molecular flexibility index (Phi) is 8.29. The number of benzene rings is 2. The molecule has 2 aromatic carbocycles. The fraction of sp³-hybridized carbons (Fsp3) is 0.217. The lowest BCUT2D eigenvalue weighted by molar-refractivity contribution is 0.282. The molecule has 33 heavy (non-hydrogen) atoms. The summed E-state index contributed by atoms with van der Waals surface area (Å²) in [6.07, 6.45) is 3.53. The van der Waals surface area contributed by atoms with Crippen LogP contribution in [0.4, 0.5) is 0 Å². The first-order valence-corrected chi connectivity index (χ1v) is 12.1. The molecule has 170 valence electrons. The highest BCUT2D eigenvalue weighted by molar-refractivity contribution is 9.10. The first-order valence-electron chi connectivity index (χ1n) is 10.3. The molecule has 0 fully saturated rings. The number of hydrogen-bond acceptors (Lipinski definition) is 8. The molecular formula is C23H23BrN6O2S. The summed E-state index contributed by atoms with van der Waals surface area (Å²) < 4.78 is 14.1. The molecule has 0 aliphatic carbocycles. The van der Waals surface area contributed by atoms with Crippen LogP contribution < -0.4 is 14.8 Å². The van der Waals surface area contributed by atoms with Gasteiger partial charge in [-0.2, -0.15) is 4.68 Å². The Labute approximate surface area is 204 Å². The molecule has 0 aliphatic rings.